The second-order valence-electron chi connectivity index (χ2n) is 5.71. The van der Waals surface area contributed by atoms with Crippen LogP contribution in [0.2, 0.25) is 0 Å². The molecule has 1 aromatic carbocycles. The van der Waals surface area contributed by atoms with Crippen LogP contribution in [0, 0.1) is 5.92 Å². The zero-order valence-electron chi connectivity index (χ0n) is 13.4. The average Bonchev–Trinajstić information content (AvgIpc) is 3.24. The van der Waals surface area contributed by atoms with Crippen LogP contribution in [0.5, 0.6) is 5.75 Å². The highest BCUT2D eigenvalue weighted by Crippen LogP contribution is 2.31. The van der Waals surface area contributed by atoms with Gasteiger partial charge in [-0.25, -0.2) is 0 Å². The summed E-state index contributed by atoms with van der Waals surface area (Å²) in [6.45, 7) is -0.776. The number of carbonyl (C=O) groups is 1. The van der Waals surface area contributed by atoms with Crippen molar-refractivity contribution < 1.29 is 18.3 Å². The number of rotatable bonds is 5. The Morgan fingerprint density at radius 3 is 2.60 bits per heavy atom. The molecule has 3 rings (SSSR count). The summed E-state index contributed by atoms with van der Waals surface area (Å²) < 4.78 is 28.7. The largest absolute Gasteiger partial charge is 0.435 e. The number of likely N-dealkylation sites (tertiary alicyclic amines) is 1. The number of nitrogens with two attached hydrogens (primary N) is 1. The first-order chi connectivity index (χ1) is 11.6. The van der Waals surface area contributed by atoms with E-state index in [1.165, 1.54) is 23.5 Å². The van der Waals surface area contributed by atoms with Crippen LogP contribution in [0.3, 0.4) is 0 Å². The van der Waals surface area contributed by atoms with Crippen LogP contribution in [-0.4, -0.2) is 37.1 Å². The summed E-state index contributed by atoms with van der Waals surface area (Å²) in [5.74, 6) is 0.530. The highest BCUT2D eigenvalue weighted by Gasteiger charge is 2.26. The molecule has 1 aliphatic rings. The summed E-state index contributed by atoms with van der Waals surface area (Å²) in [7, 11) is 0. The van der Waals surface area contributed by atoms with E-state index in [0.29, 0.717) is 23.9 Å². The first-order valence-corrected chi connectivity index (χ1v) is 8.53. The highest BCUT2D eigenvalue weighted by atomic mass is 35.5. The predicted molar refractivity (Wildman–Crippen MR) is 96.7 cm³/mol. The summed E-state index contributed by atoms with van der Waals surface area (Å²) in [6.07, 6.45) is 0.950. The van der Waals surface area contributed by atoms with Crippen molar-refractivity contribution in [2.45, 2.75) is 13.0 Å². The SMILES string of the molecule is Cl.NCC1CCN(C(=O)c2ccc(-c3ccc(OC(F)F)cc3)s2)C1. The molecule has 1 unspecified atom stereocenters. The number of halogens is 3. The molecule has 0 bridgehead atoms. The zero-order chi connectivity index (χ0) is 17.1. The van der Waals surface area contributed by atoms with E-state index in [9.17, 15) is 13.6 Å². The molecule has 2 heterocycles. The number of thiophene rings is 1. The Balaban J connectivity index is 0.00000225. The molecule has 0 aliphatic carbocycles. The van der Waals surface area contributed by atoms with Crippen LogP contribution >= 0.6 is 23.7 Å². The Kier molecular flexibility index (Phi) is 6.75. The molecule has 1 fully saturated rings. The van der Waals surface area contributed by atoms with Crippen LogP contribution in [0.4, 0.5) is 8.78 Å². The third kappa shape index (κ3) is 4.68. The summed E-state index contributed by atoms with van der Waals surface area (Å²) in [5, 5.41) is 0. The summed E-state index contributed by atoms with van der Waals surface area (Å²) in [6, 6.07) is 10.1. The number of amides is 1. The maximum atomic E-state index is 12.5. The van der Waals surface area contributed by atoms with Gasteiger partial charge in [-0.15, -0.1) is 23.7 Å². The molecule has 8 heteroatoms. The maximum absolute atomic E-state index is 12.5. The highest BCUT2D eigenvalue weighted by molar-refractivity contribution is 7.17. The van der Waals surface area contributed by atoms with Gasteiger partial charge in [0.1, 0.15) is 5.75 Å². The first-order valence-electron chi connectivity index (χ1n) is 7.71. The van der Waals surface area contributed by atoms with E-state index in [0.717, 1.165) is 23.4 Å². The van der Waals surface area contributed by atoms with Crippen molar-refractivity contribution in [1.82, 2.24) is 4.90 Å². The molecule has 1 saturated heterocycles. The molecule has 1 aliphatic heterocycles. The minimum Gasteiger partial charge on any atom is -0.435 e. The van der Waals surface area contributed by atoms with Crippen molar-refractivity contribution in [2.24, 2.45) is 11.7 Å². The third-order valence-electron chi connectivity index (χ3n) is 4.09. The zero-order valence-corrected chi connectivity index (χ0v) is 15.0. The first kappa shape index (κ1) is 19.6. The fourth-order valence-corrected chi connectivity index (χ4v) is 3.75. The maximum Gasteiger partial charge on any atom is 0.387 e. The van der Waals surface area contributed by atoms with Gasteiger partial charge < -0.3 is 15.4 Å². The molecule has 1 aromatic heterocycles. The van der Waals surface area contributed by atoms with Gasteiger partial charge in [-0.2, -0.15) is 8.78 Å². The molecule has 2 aromatic rings. The van der Waals surface area contributed by atoms with Crippen LogP contribution in [0.1, 0.15) is 16.1 Å². The number of ether oxygens (including phenoxy) is 1. The lowest BCUT2D eigenvalue weighted by molar-refractivity contribution is -0.0498. The third-order valence-corrected chi connectivity index (χ3v) is 5.21. The van der Waals surface area contributed by atoms with Gasteiger partial charge in [0.05, 0.1) is 4.88 Å². The van der Waals surface area contributed by atoms with Crippen molar-refractivity contribution >= 4 is 29.7 Å². The van der Waals surface area contributed by atoms with Gasteiger partial charge >= 0.3 is 6.61 Å². The second-order valence-corrected chi connectivity index (χ2v) is 6.79. The normalized spacial score (nSPS) is 16.8. The van der Waals surface area contributed by atoms with Crippen LogP contribution in [0.25, 0.3) is 10.4 Å². The fourth-order valence-electron chi connectivity index (χ4n) is 2.77. The van der Waals surface area contributed by atoms with Gasteiger partial charge in [0.2, 0.25) is 0 Å². The topological polar surface area (TPSA) is 55.6 Å². The molecule has 0 radical (unpaired) electrons. The van der Waals surface area contributed by atoms with E-state index in [1.807, 2.05) is 17.0 Å². The van der Waals surface area contributed by atoms with E-state index in [2.05, 4.69) is 4.74 Å². The summed E-state index contributed by atoms with van der Waals surface area (Å²) in [4.78, 5) is 16.0. The Bertz CT molecular complexity index is 709. The Labute approximate surface area is 155 Å². The Morgan fingerprint density at radius 2 is 2.00 bits per heavy atom. The van der Waals surface area contributed by atoms with Crippen LogP contribution in [-0.2, 0) is 0 Å². The molecule has 25 heavy (non-hydrogen) atoms. The van der Waals surface area contributed by atoms with E-state index in [1.54, 1.807) is 12.1 Å². The molecule has 0 spiro atoms. The molecular formula is C17H19ClF2N2O2S. The molecule has 2 N–H and O–H groups in total. The number of hydrogen-bond donors (Lipinski definition) is 1. The fraction of sp³-hybridized carbons (Fsp3) is 0.353. The van der Waals surface area contributed by atoms with E-state index < -0.39 is 6.61 Å². The number of benzene rings is 1. The Hall–Kier alpha value is -1.70. The molecule has 4 nitrogen and oxygen atoms in total. The van der Waals surface area contributed by atoms with Gasteiger partial charge in [0.15, 0.2) is 0 Å². The molecule has 0 saturated carbocycles. The van der Waals surface area contributed by atoms with E-state index >= 15 is 0 Å². The lowest BCUT2D eigenvalue weighted by Gasteiger charge is -2.14. The minimum absolute atomic E-state index is 0. The van der Waals surface area contributed by atoms with Crippen LogP contribution in [0.15, 0.2) is 36.4 Å². The van der Waals surface area contributed by atoms with E-state index in [-0.39, 0.29) is 24.1 Å². The van der Waals surface area contributed by atoms with Crippen molar-refractivity contribution in [2.75, 3.05) is 19.6 Å². The quantitative estimate of drug-likeness (QED) is 0.846. The molecule has 1 atom stereocenters. The van der Waals surface area contributed by atoms with Crippen molar-refractivity contribution in [3.05, 3.63) is 41.3 Å². The standard InChI is InChI=1S/C17H18F2N2O2S.ClH/c18-17(19)23-13-3-1-12(2-4-13)14-5-6-15(24-14)16(22)21-8-7-11(9-20)10-21;/h1-6,11,17H,7-10,20H2;1H. The molecule has 136 valence electrons. The second kappa shape index (κ2) is 8.60. The van der Waals surface area contributed by atoms with Crippen molar-refractivity contribution in [3.8, 4) is 16.2 Å². The van der Waals surface area contributed by atoms with Crippen LogP contribution < -0.4 is 10.5 Å². The van der Waals surface area contributed by atoms with Gasteiger partial charge in [-0.3, -0.25) is 4.79 Å². The smallest absolute Gasteiger partial charge is 0.387 e. The van der Waals surface area contributed by atoms with Crippen molar-refractivity contribution in [3.63, 3.8) is 0 Å². The van der Waals surface area contributed by atoms with Gasteiger partial charge in [-0.05, 0) is 60.8 Å². The molecular weight excluding hydrogens is 370 g/mol. The summed E-state index contributed by atoms with van der Waals surface area (Å²) >= 11 is 1.40. The predicted octanol–water partition coefficient (Wildman–Crippen LogP) is 3.86. The number of hydrogen-bond acceptors (Lipinski definition) is 4. The van der Waals surface area contributed by atoms with Gasteiger partial charge in [-0.1, -0.05) is 0 Å². The van der Waals surface area contributed by atoms with Gasteiger partial charge in [0, 0.05) is 18.0 Å². The monoisotopic (exact) mass is 388 g/mol. The number of carbonyl (C=O) groups excluding carboxylic acids is 1. The summed E-state index contributed by atoms with van der Waals surface area (Å²) in [5.41, 5.74) is 6.53. The number of nitrogens with zero attached hydrogens (tertiary/aromatic N) is 1. The minimum atomic E-state index is -2.83. The van der Waals surface area contributed by atoms with Gasteiger partial charge in [0.25, 0.3) is 5.91 Å². The van der Waals surface area contributed by atoms with E-state index in [4.69, 9.17) is 5.73 Å². The number of alkyl halides is 2. The lowest BCUT2D eigenvalue weighted by Crippen LogP contribution is -2.29. The Morgan fingerprint density at radius 1 is 1.28 bits per heavy atom. The average molecular weight is 389 g/mol. The molecule has 1 amide bonds. The van der Waals surface area contributed by atoms with Crippen molar-refractivity contribution in [1.29, 1.82) is 0 Å². The lowest BCUT2D eigenvalue weighted by atomic mass is 10.1.